The quantitative estimate of drug-likeness (QED) is 0.860. The zero-order chi connectivity index (χ0) is 16.1. The number of hydrogen-bond donors (Lipinski definition) is 1. The van der Waals surface area contributed by atoms with E-state index in [-0.39, 0.29) is 17.7 Å². The van der Waals surface area contributed by atoms with Crippen LogP contribution < -0.4 is 5.32 Å². The minimum atomic E-state index is -0.977. The molecule has 2 aromatic rings. The summed E-state index contributed by atoms with van der Waals surface area (Å²) in [7, 11) is 0. The third-order valence-electron chi connectivity index (χ3n) is 3.99. The molecular formula is C18H19NO4. The first kappa shape index (κ1) is 15.3. The lowest BCUT2D eigenvalue weighted by Crippen LogP contribution is -2.38. The van der Waals surface area contributed by atoms with E-state index in [4.69, 9.17) is 9.15 Å². The van der Waals surface area contributed by atoms with E-state index in [1.165, 1.54) is 12.3 Å². The van der Waals surface area contributed by atoms with Gasteiger partial charge in [-0.05, 0) is 25.0 Å². The second kappa shape index (κ2) is 7.13. The smallest absolute Gasteiger partial charge is 0.375 e. The van der Waals surface area contributed by atoms with Gasteiger partial charge in [-0.25, -0.2) is 4.79 Å². The summed E-state index contributed by atoms with van der Waals surface area (Å²) in [5.74, 6) is -0.854. The standard InChI is InChI=1S/C18H19NO4/c20-17(19-14-9-4-5-10-14)16(13-7-2-1-3-8-13)23-18(21)15-11-6-12-22-15/h1-3,6-8,11-12,14,16H,4-5,9-10H2,(H,19,20)/t16-/m0/s1. The van der Waals surface area contributed by atoms with Gasteiger partial charge >= 0.3 is 5.97 Å². The van der Waals surface area contributed by atoms with Crippen molar-refractivity contribution in [3.63, 3.8) is 0 Å². The Balaban J connectivity index is 1.76. The molecule has 5 heteroatoms. The molecule has 120 valence electrons. The van der Waals surface area contributed by atoms with Gasteiger partial charge in [0.05, 0.1) is 6.26 Å². The van der Waals surface area contributed by atoms with Crippen molar-refractivity contribution in [1.29, 1.82) is 0 Å². The highest BCUT2D eigenvalue weighted by Crippen LogP contribution is 2.23. The van der Waals surface area contributed by atoms with Crippen molar-refractivity contribution in [3.8, 4) is 0 Å². The molecule has 23 heavy (non-hydrogen) atoms. The van der Waals surface area contributed by atoms with E-state index >= 15 is 0 Å². The summed E-state index contributed by atoms with van der Waals surface area (Å²) in [6.45, 7) is 0. The van der Waals surface area contributed by atoms with E-state index in [1.807, 2.05) is 18.2 Å². The summed E-state index contributed by atoms with van der Waals surface area (Å²) in [5, 5.41) is 2.98. The number of hydrogen-bond acceptors (Lipinski definition) is 4. The number of nitrogens with one attached hydrogen (secondary N) is 1. The van der Waals surface area contributed by atoms with Crippen LogP contribution in [0.5, 0.6) is 0 Å². The van der Waals surface area contributed by atoms with Gasteiger partial charge in [0.15, 0.2) is 0 Å². The highest BCUT2D eigenvalue weighted by atomic mass is 16.6. The van der Waals surface area contributed by atoms with Crippen LogP contribution in [-0.2, 0) is 9.53 Å². The Morgan fingerprint density at radius 3 is 2.48 bits per heavy atom. The van der Waals surface area contributed by atoms with Crippen molar-refractivity contribution >= 4 is 11.9 Å². The minimum absolute atomic E-state index is 0.0830. The Morgan fingerprint density at radius 2 is 1.83 bits per heavy atom. The molecule has 0 bridgehead atoms. The lowest BCUT2D eigenvalue weighted by atomic mass is 10.1. The fraction of sp³-hybridized carbons (Fsp3) is 0.333. The first-order chi connectivity index (χ1) is 11.2. The Hall–Kier alpha value is -2.56. The maximum atomic E-state index is 12.6. The molecule has 0 unspecified atom stereocenters. The summed E-state index contributed by atoms with van der Waals surface area (Å²) in [4.78, 5) is 24.7. The van der Waals surface area contributed by atoms with Crippen LogP contribution >= 0.6 is 0 Å². The van der Waals surface area contributed by atoms with Crippen LogP contribution in [0.15, 0.2) is 53.1 Å². The molecule has 1 atom stereocenters. The maximum absolute atomic E-state index is 12.6. The van der Waals surface area contributed by atoms with E-state index in [0.717, 1.165) is 25.7 Å². The van der Waals surface area contributed by atoms with Crippen LogP contribution in [0.25, 0.3) is 0 Å². The Labute approximate surface area is 134 Å². The molecule has 1 aliphatic rings. The highest BCUT2D eigenvalue weighted by molar-refractivity contribution is 5.90. The number of rotatable bonds is 5. The summed E-state index contributed by atoms with van der Waals surface area (Å²) in [6, 6.07) is 12.3. The van der Waals surface area contributed by atoms with Gasteiger partial charge in [-0.3, -0.25) is 4.79 Å². The third kappa shape index (κ3) is 3.80. The monoisotopic (exact) mass is 313 g/mol. The Morgan fingerprint density at radius 1 is 1.09 bits per heavy atom. The Kier molecular flexibility index (Phi) is 4.76. The predicted octanol–water partition coefficient (Wildman–Crippen LogP) is 3.24. The SMILES string of the molecule is O=C(O[C@H](C(=O)NC1CCCC1)c1ccccc1)c1ccco1. The van der Waals surface area contributed by atoms with Crippen LogP contribution in [0.3, 0.4) is 0 Å². The van der Waals surface area contributed by atoms with Gasteiger partial charge in [0.2, 0.25) is 11.9 Å². The summed E-state index contributed by atoms with van der Waals surface area (Å²) in [5.41, 5.74) is 0.642. The molecule has 0 radical (unpaired) electrons. The van der Waals surface area contributed by atoms with E-state index < -0.39 is 12.1 Å². The first-order valence-electron chi connectivity index (χ1n) is 7.84. The van der Waals surface area contributed by atoms with E-state index in [1.54, 1.807) is 18.2 Å². The van der Waals surface area contributed by atoms with Gasteiger partial charge in [-0.1, -0.05) is 43.2 Å². The Bertz CT molecular complexity index is 645. The minimum Gasteiger partial charge on any atom is -0.457 e. The molecular weight excluding hydrogens is 294 g/mol. The number of amides is 1. The van der Waals surface area contributed by atoms with Gasteiger partial charge in [0, 0.05) is 11.6 Å². The molecule has 1 N–H and O–H groups in total. The average Bonchev–Trinajstić information content (AvgIpc) is 3.26. The van der Waals surface area contributed by atoms with Gasteiger partial charge in [0.1, 0.15) is 0 Å². The number of carbonyl (C=O) groups is 2. The van der Waals surface area contributed by atoms with Gasteiger partial charge < -0.3 is 14.5 Å². The number of carbonyl (C=O) groups excluding carboxylic acids is 2. The fourth-order valence-electron chi connectivity index (χ4n) is 2.81. The van der Waals surface area contributed by atoms with Crippen LogP contribution in [-0.4, -0.2) is 17.9 Å². The van der Waals surface area contributed by atoms with E-state index in [2.05, 4.69) is 5.32 Å². The van der Waals surface area contributed by atoms with Crippen molar-refractivity contribution in [2.24, 2.45) is 0 Å². The van der Waals surface area contributed by atoms with Crippen molar-refractivity contribution in [2.45, 2.75) is 37.8 Å². The molecule has 1 fully saturated rings. The van der Waals surface area contributed by atoms with Crippen LogP contribution in [0.1, 0.15) is 47.9 Å². The zero-order valence-corrected chi connectivity index (χ0v) is 12.7. The molecule has 3 rings (SSSR count). The van der Waals surface area contributed by atoms with Crippen LogP contribution in [0.4, 0.5) is 0 Å². The molecule has 0 saturated heterocycles. The van der Waals surface area contributed by atoms with Crippen molar-refractivity contribution in [1.82, 2.24) is 5.32 Å². The lowest BCUT2D eigenvalue weighted by molar-refractivity contribution is -0.131. The number of furan rings is 1. The number of benzene rings is 1. The second-order valence-electron chi connectivity index (χ2n) is 5.66. The van der Waals surface area contributed by atoms with Gasteiger partial charge in [-0.2, -0.15) is 0 Å². The highest BCUT2D eigenvalue weighted by Gasteiger charge is 2.29. The lowest BCUT2D eigenvalue weighted by Gasteiger charge is -2.20. The van der Waals surface area contributed by atoms with E-state index in [9.17, 15) is 9.59 Å². The van der Waals surface area contributed by atoms with Crippen molar-refractivity contribution < 1.29 is 18.7 Å². The number of esters is 1. The second-order valence-corrected chi connectivity index (χ2v) is 5.66. The zero-order valence-electron chi connectivity index (χ0n) is 12.7. The average molecular weight is 313 g/mol. The molecule has 1 aliphatic carbocycles. The molecule has 1 aromatic carbocycles. The fourth-order valence-corrected chi connectivity index (χ4v) is 2.81. The van der Waals surface area contributed by atoms with Crippen LogP contribution in [0, 0.1) is 0 Å². The summed E-state index contributed by atoms with van der Waals surface area (Å²) >= 11 is 0. The largest absolute Gasteiger partial charge is 0.457 e. The summed E-state index contributed by atoms with van der Waals surface area (Å²) < 4.78 is 10.4. The maximum Gasteiger partial charge on any atom is 0.375 e. The molecule has 1 aromatic heterocycles. The van der Waals surface area contributed by atoms with Crippen LogP contribution in [0.2, 0.25) is 0 Å². The molecule has 0 spiro atoms. The molecule has 1 saturated carbocycles. The molecule has 5 nitrogen and oxygen atoms in total. The van der Waals surface area contributed by atoms with Gasteiger partial charge in [-0.15, -0.1) is 0 Å². The summed E-state index contributed by atoms with van der Waals surface area (Å²) in [6.07, 6.45) is 4.60. The first-order valence-corrected chi connectivity index (χ1v) is 7.84. The van der Waals surface area contributed by atoms with Gasteiger partial charge in [0.25, 0.3) is 5.91 Å². The number of ether oxygens (including phenoxy) is 1. The normalized spacial score (nSPS) is 16.0. The van der Waals surface area contributed by atoms with Crippen molar-refractivity contribution in [2.75, 3.05) is 0 Å². The topological polar surface area (TPSA) is 68.5 Å². The van der Waals surface area contributed by atoms with E-state index in [0.29, 0.717) is 5.56 Å². The predicted molar refractivity (Wildman–Crippen MR) is 83.7 cm³/mol. The molecule has 1 heterocycles. The van der Waals surface area contributed by atoms with Crippen molar-refractivity contribution in [3.05, 3.63) is 60.1 Å². The molecule has 1 amide bonds. The molecule has 0 aliphatic heterocycles. The third-order valence-corrected chi connectivity index (χ3v) is 3.99.